The number of halogens is 1. The molecular weight excluding hydrogens is 117 g/mol. The molecule has 54 valence electrons. The summed E-state index contributed by atoms with van der Waals surface area (Å²) in [6.45, 7) is 7.55. The van der Waals surface area contributed by atoms with E-state index in [0.29, 0.717) is 6.54 Å². The van der Waals surface area contributed by atoms with Crippen LogP contribution in [0.3, 0.4) is 0 Å². The summed E-state index contributed by atoms with van der Waals surface area (Å²) >= 11 is 0. The number of rotatable bonds is 4. The molecule has 0 aromatic carbocycles. The van der Waals surface area contributed by atoms with Crippen LogP contribution in [0.1, 0.15) is 13.8 Å². The molecule has 1 unspecified atom stereocenters. The Balaban J connectivity index is 3.26. The van der Waals surface area contributed by atoms with Crippen molar-refractivity contribution in [1.29, 1.82) is 0 Å². The van der Waals surface area contributed by atoms with Gasteiger partial charge in [-0.2, -0.15) is 0 Å². The highest BCUT2D eigenvalue weighted by Crippen LogP contribution is 2.03. The third-order valence-corrected chi connectivity index (χ3v) is 1.37. The Morgan fingerprint density at radius 1 is 1.67 bits per heavy atom. The van der Waals surface area contributed by atoms with Gasteiger partial charge in [0.05, 0.1) is 0 Å². The molecular formula is C7H14FN. The van der Waals surface area contributed by atoms with Gasteiger partial charge in [0.1, 0.15) is 6.17 Å². The van der Waals surface area contributed by atoms with Crippen LogP contribution in [-0.4, -0.2) is 12.7 Å². The predicted octanol–water partition coefficient (Wildman–Crippen LogP) is 1.71. The molecule has 1 N–H and O–H groups in total. The van der Waals surface area contributed by atoms with Crippen LogP contribution < -0.4 is 5.32 Å². The Hall–Kier alpha value is -0.530. The van der Waals surface area contributed by atoms with E-state index in [2.05, 4.69) is 11.9 Å². The van der Waals surface area contributed by atoms with Crippen LogP contribution in [0.15, 0.2) is 12.8 Å². The van der Waals surface area contributed by atoms with Gasteiger partial charge < -0.3 is 5.32 Å². The summed E-state index contributed by atoms with van der Waals surface area (Å²) in [5.74, 6) is 0.0722. The van der Waals surface area contributed by atoms with E-state index >= 15 is 0 Å². The van der Waals surface area contributed by atoms with Gasteiger partial charge in [-0.05, 0) is 13.1 Å². The maximum atomic E-state index is 12.3. The van der Waals surface area contributed by atoms with E-state index in [9.17, 15) is 4.39 Å². The Bertz CT molecular complexity index is 81.0. The highest BCUT2D eigenvalue weighted by molar-refractivity contribution is 4.68. The first kappa shape index (κ1) is 8.47. The minimum atomic E-state index is -0.738. The van der Waals surface area contributed by atoms with E-state index in [-0.39, 0.29) is 5.92 Å². The molecule has 0 heterocycles. The fraction of sp³-hybridized carbons (Fsp3) is 0.714. The van der Waals surface area contributed by atoms with Crippen molar-refractivity contribution in [3.8, 4) is 0 Å². The van der Waals surface area contributed by atoms with Crippen LogP contribution in [0.2, 0.25) is 0 Å². The number of hydrogen-bond donors (Lipinski definition) is 1. The molecule has 0 aromatic heterocycles. The molecule has 0 aliphatic rings. The molecule has 9 heavy (non-hydrogen) atoms. The van der Waals surface area contributed by atoms with Crippen molar-refractivity contribution in [3.63, 3.8) is 0 Å². The molecule has 0 aliphatic carbocycles. The first-order valence-corrected chi connectivity index (χ1v) is 3.16. The highest BCUT2D eigenvalue weighted by atomic mass is 19.1. The van der Waals surface area contributed by atoms with Crippen molar-refractivity contribution in [3.05, 3.63) is 12.8 Å². The molecule has 0 bridgehead atoms. The zero-order valence-electron chi connectivity index (χ0n) is 6.02. The zero-order chi connectivity index (χ0) is 7.28. The van der Waals surface area contributed by atoms with Crippen molar-refractivity contribution in [2.45, 2.75) is 20.0 Å². The Morgan fingerprint density at radius 3 is 2.56 bits per heavy atom. The standard InChI is InChI=1S/C7H14FN/c1-4-9-5-6(2)7(3)8/h4,6-7,9H,1,5H2,2-3H3/t6?,7-/m0/s1. The predicted molar refractivity (Wildman–Crippen MR) is 37.9 cm³/mol. The zero-order valence-corrected chi connectivity index (χ0v) is 6.02. The van der Waals surface area contributed by atoms with E-state index in [4.69, 9.17) is 0 Å². The summed E-state index contributed by atoms with van der Waals surface area (Å²) in [7, 11) is 0. The van der Waals surface area contributed by atoms with Gasteiger partial charge in [-0.1, -0.05) is 13.5 Å². The van der Waals surface area contributed by atoms with Gasteiger partial charge in [-0.25, -0.2) is 4.39 Å². The quantitative estimate of drug-likeness (QED) is 0.612. The normalized spacial score (nSPS) is 16.3. The van der Waals surface area contributed by atoms with Gasteiger partial charge in [0.25, 0.3) is 0 Å². The van der Waals surface area contributed by atoms with Crippen molar-refractivity contribution in [1.82, 2.24) is 5.32 Å². The first-order valence-electron chi connectivity index (χ1n) is 3.16. The SMILES string of the molecule is C=CNCC(C)[C@H](C)F. The van der Waals surface area contributed by atoms with Gasteiger partial charge in [0.2, 0.25) is 0 Å². The maximum absolute atomic E-state index is 12.3. The second-order valence-corrected chi connectivity index (χ2v) is 2.27. The van der Waals surface area contributed by atoms with Crippen LogP contribution >= 0.6 is 0 Å². The number of nitrogens with one attached hydrogen (secondary N) is 1. The summed E-state index contributed by atoms with van der Waals surface area (Å²) in [6.07, 6.45) is 0.844. The third-order valence-electron chi connectivity index (χ3n) is 1.37. The van der Waals surface area contributed by atoms with E-state index < -0.39 is 6.17 Å². The molecule has 0 fully saturated rings. The molecule has 0 spiro atoms. The van der Waals surface area contributed by atoms with Crippen LogP contribution in [0.4, 0.5) is 4.39 Å². The van der Waals surface area contributed by atoms with Crippen molar-refractivity contribution in [2.24, 2.45) is 5.92 Å². The fourth-order valence-electron chi connectivity index (χ4n) is 0.432. The fourth-order valence-corrected chi connectivity index (χ4v) is 0.432. The molecule has 0 amide bonds. The summed E-state index contributed by atoms with van der Waals surface area (Å²) < 4.78 is 12.3. The van der Waals surface area contributed by atoms with Crippen LogP contribution in [0.25, 0.3) is 0 Å². The lowest BCUT2D eigenvalue weighted by Gasteiger charge is -2.11. The van der Waals surface area contributed by atoms with Crippen LogP contribution in [-0.2, 0) is 0 Å². The van der Waals surface area contributed by atoms with E-state index in [0.717, 1.165) is 0 Å². The number of alkyl halides is 1. The van der Waals surface area contributed by atoms with Crippen molar-refractivity contribution < 1.29 is 4.39 Å². The molecule has 0 aliphatic heterocycles. The molecule has 2 heteroatoms. The van der Waals surface area contributed by atoms with Crippen molar-refractivity contribution in [2.75, 3.05) is 6.54 Å². The van der Waals surface area contributed by atoms with Gasteiger partial charge in [-0.15, -0.1) is 0 Å². The Morgan fingerprint density at radius 2 is 2.22 bits per heavy atom. The van der Waals surface area contributed by atoms with Gasteiger partial charge in [-0.3, -0.25) is 0 Å². The van der Waals surface area contributed by atoms with E-state index in [1.165, 1.54) is 0 Å². The lowest BCUT2D eigenvalue weighted by atomic mass is 10.1. The molecule has 1 nitrogen and oxygen atoms in total. The highest BCUT2D eigenvalue weighted by Gasteiger charge is 2.07. The van der Waals surface area contributed by atoms with Gasteiger partial charge >= 0.3 is 0 Å². The maximum Gasteiger partial charge on any atom is 0.102 e. The first-order chi connectivity index (χ1) is 4.18. The van der Waals surface area contributed by atoms with Crippen molar-refractivity contribution >= 4 is 0 Å². The molecule has 0 rings (SSSR count). The summed E-state index contributed by atoms with van der Waals surface area (Å²) in [4.78, 5) is 0. The lowest BCUT2D eigenvalue weighted by Crippen LogP contribution is -2.21. The Kier molecular flexibility index (Phi) is 4.10. The van der Waals surface area contributed by atoms with Gasteiger partial charge in [0.15, 0.2) is 0 Å². The summed E-state index contributed by atoms with van der Waals surface area (Å²) in [5, 5.41) is 2.85. The summed E-state index contributed by atoms with van der Waals surface area (Å²) in [5.41, 5.74) is 0. The average Bonchev–Trinajstić information content (AvgIpc) is 1.82. The smallest absolute Gasteiger partial charge is 0.102 e. The average molecular weight is 131 g/mol. The second-order valence-electron chi connectivity index (χ2n) is 2.27. The van der Waals surface area contributed by atoms with E-state index in [1.807, 2.05) is 6.92 Å². The summed E-state index contributed by atoms with van der Waals surface area (Å²) in [6, 6.07) is 0. The van der Waals surface area contributed by atoms with E-state index in [1.54, 1.807) is 13.1 Å². The minimum absolute atomic E-state index is 0.0722. The molecule has 0 saturated heterocycles. The molecule has 0 radical (unpaired) electrons. The Labute approximate surface area is 56.0 Å². The van der Waals surface area contributed by atoms with Crippen LogP contribution in [0.5, 0.6) is 0 Å². The topological polar surface area (TPSA) is 12.0 Å². The molecule has 2 atom stereocenters. The largest absolute Gasteiger partial charge is 0.391 e. The lowest BCUT2D eigenvalue weighted by molar-refractivity contribution is 0.263. The molecule has 0 saturated carbocycles. The monoisotopic (exact) mass is 131 g/mol. The second kappa shape index (κ2) is 4.36. The third kappa shape index (κ3) is 4.01. The van der Waals surface area contributed by atoms with Crippen LogP contribution in [0, 0.1) is 5.92 Å². The number of hydrogen-bond acceptors (Lipinski definition) is 1. The molecule has 0 aromatic rings. The van der Waals surface area contributed by atoms with Gasteiger partial charge in [0, 0.05) is 12.5 Å². The minimum Gasteiger partial charge on any atom is -0.391 e.